The van der Waals surface area contributed by atoms with Crippen LogP contribution in [0.4, 0.5) is 0 Å². The van der Waals surface area contributed by atoms with Crippen molar-refractivity contribution in [2.75, 3.05) is 13.1 Å². The van der Waals surface area contributed by atoms with Crippen LogP contribution in [0.15, 0.2) is 17.5 Å². The van der Waals surface area contributed by atoms with Gasteiger partial charge >= 0.3 is 5.97 Å². The molecule has 3 unspecified atom stereocenters. The third-order valence-electron chi connectivity index (χ3n) is 4.89. The van der Waals surface area contributed by atoms with Gasteiger partial charge in [0.25, 0.3) is 0 Å². The maximum atomic E-state index is 12.5. The minimum atomic E-state index is -0.901. The Hall–Kier alpha value is -1.36. The molecule has 1 N–H and O–H groups in total. The lowest BCUT2D eigenvalue weighted by atomic mass is 9.82. The Labute approximate surface area is 128 Å². The highest BCUT2D eigenvalue weighted by molar-refractivity contribution is 7.10. The number of carboxylic acid groups (broad SMARTS) is 1. The first-order chi connectivity index (χ1) is 10.1. The number of likely N-dealkylation sites (tertiary alicyclic amines) is 1. The van der Waals surface area contributed by atoms with Crippen molar-refractivity contribution in [3.63, 3.8) is 0 Å². The monoisotopic (exact) mass is 307 g/mol. The molecule has 1 aliphatic heterocycles. The molecular formula is C16H21NO3S. The van der Waals surface area contributed by atoms with E-state index in [-0.39, 0.29) is 12.3 Å². The highest BCUT2D eigenvalue weighted by Gasteiger charge is 2.37. The molecule has 0 aromatic carbocycles. The quantitative estimate of drug-likeness (QED) is 0.930. The largest absolute Gasteiger partial charge is 0.481 e. The summed E-state index contributed by atoms with van der Waals surface area (Å²) in [5.41, 5.74) is 0. The van der Waals surface area contributed by atoms with Crippen LogP contribution in [0.2, 0.25) is 0 Å². The Morgan fingerprint density at radius 1 is 1.29 bits per heavy atom. The molecule has 2 fully saturated rings. The molecule has 21 heavy (non-hydrogen) atoms. The molecule has 0 spiro atoms. The van der Waals surface area contributed by atoms with Crippen molar-refractivity contribution in [1.29, 1.82) is 0 Å². The summed E-state index contributed by atoms with van der Waals surface area (Å²) in [6, 6.07) is 3.64. The third-order valence-corrected chi connectivity index (χ3v) is 5.88. The summed E-state index contributed by atoms with van der Waals surface area (Å²) in [5, 5.41) is 11.2. The number of rotatable bonds is 4. The molecule has 1 saturated carbocycles. The number of carbonyl (C=O) groups excluding carboxylic acids is 1. The zero-order valence-electron chi connectivity index (χ0n) is 12.0. The number of fused-ring (bicyclic) bond motifs is 1. The van der Waals surface area contributed by atoms with Crippen molar-refractivity contribution in [3.8, 4) is 0 Å². The molecule has 1 aromatic rings. The maximum absolute atomic E-state index is 12.5. The second kappa shape index (κ2) is 6.18. The molecule has 3 rings (SSSR count). The van der Waals surface area contributed by atoms with E-state index in [4.69, 9.17) is 0 Å². The predicted molar refractivity (Wildman–Crippen MR) is 81.3 cm³/mol. The average molecular weight is 307 g/mol. The van der Waals surface area contributed by atoms with Gasteiger partial charge in [-0.15, -0.1) is 11.3 Å². The lowest BCUT2D eigenvalue weighted by Crippen LogP contribution is -2.31. The first-order valence-electron chi connectivity index (χ1n) is 7.69. The van der Waals surface area contributed by atoms with E-state index in [1.54, 1.807) is 6.07 Å². The second-order valence-electron chi connectivity index (χ2n) is 6.21. The van der Waals surface area contributed by atoms with Gasteiger partial charge in [0.1, 0.15) is 0 Å². The summed E-state index contributed by atoms with van der Waals surface area (Å²) in [4.78, 5) is 26.6. The standard InChI is InChI=1S/C16H21NO3S/c18-15(8-13(16(19)20)14-6-3-7-21-14)17-9-11-4-1-2-5-12(11)10-17/h3,6-7,11-13H,1-2,4-5,8-10H2,(H,19,20). The van der Waals surface area contributed by atoms with Crippen molar-refractivity contribution >= 4 is 23.2 Å². The molecule has 2 aliphatic rings. The van der Waals surface area contributed by atoms with Gasteiger partial charge in [-0.05, 0) is 36.1 Å². The van der Waals surface area contributed by atoms with Gasteiger partial charge < -0.3 is 10.0 Å². The zero-order chi connectivity index (χ0) is 14.8. The predicted octanol–water partition coefficient (Wildman–Crippen LogP) is 2.96. The van der Waals surface area contributed by atoms with E-state index in [9.17, 15) is 14.7 Å². The van der Waals surface area contributed by atoms with Gasteiger partial charge in [0.2, 0.25) is 5.91 Å². The number of carbonyl (C=O) groups is 2. The molecular weight excluding hydrogens is 286 g/mol. The van der Waals surface area contributed by atoms with Crippen molar-refractivity contribution in [3.05, 3.63) is 22.4 Å². The SMILES string of the molecule is O=C(O)C(CC(=O)N1CC2CCCCC2C1)c1cccs1. The smallest absolute Gasteiger partial charge is 0.312 e. The van der Waals surface area contributed by atoms with Gasteiger partial charge in [0.05, 0.1) is 5.92 Å². The molecule has 4 nitrogen and oxygen atoms in total. The van der Waals surface area contributed by atoms with E-state index in [2.05, 4.69) is 0 Å². The number of carboxylic acids is 1. The molecule has 1 amide bonds. The highest BCUT2D eigenvalue weighted by Crippen LogP contribution is 2.37. The summed E-state index contributed by atoms with van der Waals surface area (Å²) < 4.78 is 0. The Kier molecular flexibility index (Phi) is 4.29. The number of aliphatic carboxylic acids is 1. The lowest BCUT2D eigenvalue weighted by molar-refractivity contribution is -0.142. The second-order valence-corrected chi connectivity index (χ2v) is 7.19. The van der Waals surface area contributed by atoms with Crippen LogP contribution in [0.5, 0.6) is 0 Å². The van der Waals surface area contributed by atoms with Crippen LogP contribution in [0.1, 0.15) is 42.9 Å². The van der Waals surface area contributed by atoms with Crippen LogP contribution >= 0.6 is 11.3 Å². The van der Waals surface area contributed by atoms with Crippen molar-refractivity contribution in [2.24, 2.45) is 11.8 Å². The molecule has 1 aliphatic carbocycles. The summed E-state index contributed by atoms with van der Waals surface area (Å²) in [6.07, 6.45) is 5.09. The highest BCUT2D eigenvalue weighted by atomic mass is 32.1. The fourth-order valence-electron chi connectivity index (χ4n) is 3.71. The van der Waals surface area contributed by atoms with Crippen molar-refractivity contribution in [2.45, 2.75) is 38.0 Å². The van der Waals surface area contributed by atoms with E-state index >= 15 is 0 Å². The molecule has 3 atom stereocenters. The summed E-state index contributed by atoms with van der Waals surface area (Å²) >= 11 is 1.41. The zero-order valence-corrected chi connectivity index (χ0v) is 12.8. The van der Waals surface area contributed by atoms with Crippen molar-refractivity contribution < 1.29 is 14.7 Å². The molecule has 0 bridgehead atoms. The minimum absolute atomic E-state index is 0.00481. The summed E-state index contributed by atoms with van der Waals surface area (Å²) in [6.45, 7) is 1.67. The number of hydrogen-bond acceptors (Lipinski definition) is 3. The van der Waals surface area contributed by atoms with E-state index in [1.165, 1.54) is 37.0 Å². The number of amides is 1. The maximum Gasteiger partial charge on any atom is 0.312 e. The van der Waals surface area contributed by atoms with Gasteiger partial charge in [-0.25, -0.2) is 0 Å². The number of hydrogen-bond donors (Lipinski definition) is 1. The molecule has 5 heteroatoms. The molecule has 0 radical (unpaired) electrons. The van der Waals surface area contributed by atoms with Gasteiger partial charge in [-0.2, -0.15) is 0 Å². The fraction of sp³-hybridized carbons (Fsp3) is 0.625. The third kappa shape index (κ3) is 3.12. The van der Waals surface area contributed by atoms with Crippen LogP contribution in [0.25, 0.3) is 0 Å². The van der Waals surface area contributed by atoms with E-state index in [1.807, 2.05) is 16.3 Å². The van der Waals surface area contributed by atoms with Crippen LogP contribution in [-0.4, -0.2) is 35.0 Å². The van der Waals surface area contributed by atoms with Gasteiger partial charge in [0, 0.05) is 24.4 Å². The summed E-state index contributed by atoms with van der Waals surface area (Å²) in [5.74, 6) is -0.298. The van der Waals surface area contributed by atoms with Gasteiger partial charge in [-0.3, -0.25) is 9.59 Å². The normalized spacial score (nSPS) is 26.4. The van der Waals surface area contributed by atoms with Gasteiger partial charge in [-0.1, -0.05) is 18.9 Å². The van der Waals surface area contributed by atoms with E-state index in [0.29, 0.717) is 11.8 Å². The van der Waals surface area contributed by atoms with Crippen LogP contribution in [0.3, 0.4) is 0 Å². The van der Waals surface area contributed by atoms with Crippen molar-refractivity contribution in [1.82, 2.24) is 4.90 Å². The first-order valence-corrected chi connectivity index (χ1v) is 8.57. The minimum Gasteiger partial charge on any atom is -0.481 e. The lowest BCUT2D eigenvalue weighted by Gasteiger charge is -2.22. The van der Waals surface area contributed by atoms with Crippen LogP contribution in [0, 0.1) is 11.8 Å². The first kappa shape index (κ1) is 14.6. The van der Waals surface area contributed by atoms with E-state index in [0.717, 1.165) is 18.0 Å². The molecule has 114 valence electrons. The number of thiophene rings is 1. The Morgan fingerprint density at radius 2 is 1.95 bits per heavy atom. The van der Waals surface area contributed by atoms with Crippen LogP contribution < -0.4 is 0 Å². The Balaban J connectivity index is 1.64. The number of nitrogens with zero attached hydrogens (tertiary/aromatic N) is 1. The molecule has 2 heterocycles. The Bertz CT molecular complexity index is 500. The average Bonchev–Trinajstić information content (AvgIpc) is 3.12. The molecule has 1 saturated heterocycles. The topological polar surface area (TPSA) is 57.6 Å². The summed E-state index contributed by atoms with van der Waals surface area (Å²) in [7, 11) is 0. The molecule has 1 aromatic heterocycles. The van der Waals surface area contributed by atoms with E-state index < -0.39 is 11.9 Å². The van der Waals surface area contributed by atoms with Gasteiger partial charge in [0.15, 0.2) is 0 Å². The van der Waals surface area contributed by atoms with Crippen LogP contribution in [-0.2, 0) is 9.59 Å². The Morgan fingerprint density at radius 3 is 2.48 bits per heavy atom. The fourth-order valence-corrected chi connectivity index (χ4v) is 4.53.